The van der Waals surface area contributed by atoms with Crippen LogP contribution in [0.1, 0.15) is 38.3 Å². The Kier molecular flexibility index (Phi) is 8.09. The summed E-state index contributed by atoms with van der Waals surface area (Å²) >= 11 is 0. The van der Waals surface area contributed by atoms with E-state index in [0.29, 0.717) is 44.0 Å². The molecule has 0 atom stereocenters. The van der Waals surface area contributed by atoms with E-state index in [9.17, 15) is 9.59 Å². The second-order valence-electron chi connectivity index (χ2n) is 7.94. The lowest BCUT2D eigenvalue weighted by atomic mass is 10.1. The molecule has 1 N–H and O–H groups in total. The highest BCUT2D eigenvalue weighted by Crippen LogP contribution is 2.21. The molecular formula is C26H31N5O2. The molecule has 1 heterocycles. The number of amides is 3. The highest BCUT2D eigenvalue weighted by Gasteiger charge is 2.15. The molecule has 0 bridgehead atoms. The molecule has 0 saturated heterocycles. The van der Waals surface area contributed by atoms with Crippen LogP contribution in [0.2, 0.25) is 0 Å². The molecule has 3 rings (SSSR count). The van der Waals surface area contributed by atoms with Gasteiger partial charge in [0.2, 0.25) is 5.91 Å². The highest BCUT2D eigenvalue weighted by atomic mass is 16.2. The number of fused-ring (bicyclic) bond motifs is 1. The summed E-state index contributed by atoms with van der Waals surface area (Å²) in [5, 5.41) is 12.9. The number of hydrogen-bond donors (Lipinski definition) is 1. The Morgan fingerprint density at radius 1 is 1.00 bits per heavy atom. The Morgan fingerprint density at radius 2 is 1.73 bits per heavy atom. The lowest BCUT2D eigenvalue weighted by Gasteiger charge is -2.23. The summed E-state index contributed by atoms with van der Waals surface area (Å²) in [6.45, 7) is 8.78. The number of nitrogens with one attached hydrogen (secondary N) is 1. The molecule has 7 heteroatoms. The van der Waals surface area contributed by atoms with E-state index >= 15 is 0 Å². The molecule has 0 fully saturated rings. The minimum absolute atomic E-state index is 0.0906. The zero-order valence-corrected chi connectivity index (χ0v) is 19.5. The van der Waals surface area contributed by atoms with Crippen LogP contribution in [0.4, 0.5) is 10.5 Å². The van der Waals surface area contributed by atoms with Gasteiger partial charge >= 0.3 is 6.03 Å². The van der Waals surface area contributed by atoms with Crippen molar-refractivity contribution >= 4 is 28.5 Å². The Bertz CT molecular complexity index is 1140. The van der Waals surface area contributed by atoms with Gasteiger partial charge in [-0.15, -0.1) is 0 Å². The monoisotopic (exact) mass is 445 g/mol. The van der Waals surface area contributed by atoms with E-state index in [1.807, 2.05) is 72.8 Å². The van der Waals surface area contributed by atoms with Gasteiger partial charge in [-0.2, -0.15) is 5.26 Å². The molecule has 0 saturated carbocycles. The van der Waals surface area contributed by atoms with Crippen LogP contribution < -0.4 is 5.32 Å². The van der Waals surface area contributed by atoms with Gasteiger partial charge in [-0.25, -0.2) is 4.79 Å². The minimum atomic E-state index is -0.170. The number of nitriles is 1. The van der Waals surface area contributed by atoms with Gasteiger partial charge in [0.15, 0.2) is 0 Å². The van der Waals surface area contributed by atoms with E-state index < -0.39 is 0 Å². The lowest BCUT2D eigenvalue weighted by molar-refractivity contribution is -0.131. The fourth-order valence-electron chi connectivity index (χ4n) is 3.87. The Balaban J connectivity index is 1.71. The first-order chi connectivity index (χ1) is 16.0. The smallest absolute Gasteiger partial charge is 0.322 e. The second-order valence-corrected chi connectivity index (χ2v) is 7.94. The third-order valence-corrected chi connectivity index (χ3v) is 5.68. The molecule has 7 nitrogen and oxygen atoms in total. The molecule has 3 amide bonds. The standard InChI is InChI=1S/C26H31N5O2/c1-4-14-31(18-21-9-7-20(17-27)8-10-21)26(33)28-23-11-12-24-22(16-23)13-15-30(24)19-25(32)29(5-2)6-3/h7-13,15-16H,4-6,14,18-19H2,1-3H3,(H,28,33). The van der Waals surface area contributed by atoms with Crippen LogP contribution in [0.15, 0.2) is 54.7 Å². The average molecular weight is 446 g/mol. The molecular weight excluding hydrogens is 414 g/mol. The molecule has 0 aliphatic heterocycles. The normalized spacial score (nSPS) is 10.6. The molecule has 172 valence electrons. The van der Waals surface area contributed by atoms with E-state index in [4.69, 9.17) is 5.26 Å². The minimum Gasteiger partial charge on any atom is -0.342 e. The third kappa shape index (κ3) is 5.92. The number of benzene rings is 2. The van der Waals surface area contributed by atoms with Crippen LogP contribution in [0, 0.1) is 11.3 Å². The van der Waals surface area contributed by atoms with Gasteiger partial charge in [0.1, 0.15) is 6.54 Å². The number of rotatable bonds is 9. The van der Waals surface area contributed by atoms with Crippen molar-refractivity contribution in [1.29, 1.82) is 5.26 Å². The first-order valence-electron chi connectivity index (χ1n) is 11.4. The van der Waals surface area contributed by atoms with Gasteiger partial charge < -0.3 is 19.7 Å². The van der Waals surface area contributed by atoms with Crippen molar-refractivity contribution in [3.05, 3.63) is 65.9 Å². The quantitative estimate of drug-likeness (QED) is 0.512. The SMILES string of the molecule is CCCN(Cc1ccc(C#N)cc1)C(=O)Nc1ccc2c(ccn2CC(=O)N(CC)CC)c1. The summed E-state index contributed by atoms with van der Waals surface area (Å²) in [6.07, 6.45) is 2.75. The maximum Gasteiger partial charge on any atom is 0.322 e. The average Bonchev–Trinajstić information content (AvgIpc) is 3.21. The van der Waals surface area contributed by atoms with Crippen LogP contribution >= 0.6 is 0 Å². The van der Waals surface area contributed by atoms with Crippen molar-refractivity contribution in [2.75, 3.05) is 25.0 Å². The van der Waals surface area contributed by atoms with Gasteiger partial charge in [-0.05, 0) is 62.2 Å². The number of urea groups is 1. The molecule has 0 radical (unpaired) electrons. The zero-order valence-electron chi connectivity index (χ0n) is 19.5. The summed E-state index contributed by atoms with van der Waals surface area (Å²) in [7, 11) is 0. The van der Waals surface area contributed by atoms with Crippen molar-refractivity contribution in [2.24, 2.45) is 0 Å². The van der Waals surface area contributed by atoms with Crippen molar-refractivity contribution in [3.8, 4) is 6.07 Å². The molecule has 3 aromatic rings. The predicted octanol–water partition coefficient (Wildman–Crippen LogP) is 4.83. The maximum absolute atomic E-state index is 13.0. The van der Waals surface area contributed by atoms with Gasteiger partial charge in [0.25, 0.3) is 0 Å². The van der Waals surface area contributed by atoms with E-state index in [2.05, 4.69) is 11.4 Å². The Hall–Kier alpha value is -3.79. The van der Waals surface area contributed by atoms with Crippen molar-refractivity contribution < 1.29 is 9.59 Å². The van der Waals surface area contributed by atoms with E-state index in [-0.39, 0.29) is 11.9 Å². The molecule has 0 aliphatic carbocycles. The maximum atomic E-state index is 13.0. The van der Waals surface area contributed by atoms with Gasteiger partial charge in [0, 0.05) is 49.0 Å². The number of carbonyl (C=O) groups excluding carboxylic acids is 2. The number of anilines is 1. The van der Waals surface area contributed by atoms with Crippen LogP contribution in [-0.4, -0.2) is 45.9 Å². The Labute approximate surface area is 195 Å². The van der Waals surface area contributed by atoms with Crippen LogP contribution in [0.5, 0.6) is 0 Å². The van der Waals surface area contributed by atoms with Crippen LogP contribution in [0.3, 0.4) is 0 Å². The number of aromatic nitrogens is 1. The fourth-order valence-corrected chi connectivity index (χ4v) is 3.87. The molecule has 0 spiro atoms. The predicted molar refractivity (Wildman–Crippen MR) is 131 cm³/mol. The first kappa shape index (κ1) is 23.9. The molecule has 33 heavy (non-hydrogen) atoms. The molecule has 0 aliphatic rings. The lowest BCUT2D eigenvalue weighted by Crippen LogP contribution is -2.35. The van der Waals surface area contributed by atoms with Crippen LogP contribution in [0.25, 0.3) is 10.9 Å². The summed E-state index contributed by atoms with van der Waals surface area (Å²) in [5.74, 6) is 0.0906. The summed E-state index contributed by atoms with van der Waals surface area (Å²) in [4.78, 5) is 29.0. The summed E-state index contributed by atoms with van der Waals surface area (Å²) in [5.41, 5.74) is 3.24. The van der Waals surface area contributed by atoms with Crippen molar-refractivity contribution in [3.63, 3.8) is 0 Å². The van der Waals surface area contributed by atoms with Gasteiger partial charge in [-0.3, -0.25) is 4.79 Å². The van der Waals surface area contributed by atoms with Crippen LogP contribution in [-0.2, 0) is 17.9 Å². The second kappa shape index (κ2) is 11.2. The van der Waals surface area contributed by atoms with E-state index in [1.54, 1.807) is 17.0 Å². The number of hydrogen-bond acceptors (Lipinski definition) is 3. The summed E-state index contributed by atoms with van der Waals surface area (Å²) < 4.78 is 1.94. The number of carbonyl (C=O) groups is 2. The van der Waals surface area contributed by atoms with Gasteiger partial charge in [-0.1, -0.05) is 19.1 Å². The van der Waals surface area contributed by atoms with Crippen molar-refractivity contribution in [1.82, 2.24) is 14.4 Å². The number of nitrogens with zero attached hydrogens (tertiary/aromatic N) is 4. The molecule has 2 aromatic carbocycles. The molecule has 1 aromatic heterocycles. The summed E-state index contributed by atoms with van der Waals surface area (Å²) in [6, 6.07) is 16.9. The largest absolute Gasteiger partial charge is 0.342 e. The fraction of sp³-hybridized carbons (Fsp3) is 0.346. The van der Waals surface area contributed by atoms with Crippen molar-refractivity contribution in [2.45, 2.75) is 40.3 Å². The van der Waals surface area contributed by atoms with E-state index in [1.165, 1.54) is 0 Å². The Morgan fingerprint density at radius 3 is 2.36 bits per heavy atom. The third-order valence-electron chi connectivity index (χ3n) is 5.68. The van der Waals surface area contributed by atoms with Gasteiger partial charge in [0.05, 0.1) is 11.6 Å². The highest BCUT2D eigenvalue weighted by molar-refractivity contribution is 5.93. The molecule has 0 unspecified atom stereocenters. The van der Waals surface area contributed by atoms with E-state index in [0.717, 1.165) is 22.9 Å². The first-order valence-corrected chi connectivity index (χ1v) is 11.4. The number of likely N-dealkylation sites (N-methyl/N-ethyl adjacent to an activating group) is 1. The topological polar surface area (TPSA) is 81.4 Å². The zero-order chi connectivity index (χ0) is 23.8.